The second-order valence-electron chi connectivity index (χ2n) is 4.73. The Bertz CT molecular complexity index is 529. The Labute approximate surface area is 131 Å². The summed E-state index contributed by atoms with van der Waals surface area (Å²) in [6, 6.07) is 5.90. The second kappa shape index (κ2) is 7.20. The maximum atomic E-state index is 11.0. The first kappa shape index (κ1) is 17.1. The minimum Gasteiger partial charge on any atom is -0.286 e. The Morgan fingerprint density at radius 1 is 1.32 bits per heavy atom. The van der Waals surface area contributed by atoms with E-state index in [0.717, 1.165) is 20.9 Å². The molecule has 0 fully saturated rings. The predicted octanol–water partition coefficient (Wildman–Crippen LogP) is 4.62. The SMILES string of the molecule is CCC(C)C(CCS(=O)(=O)O)c1ccc(Br)cc1Br. The van der Waals surface area contributed by atoms with Gasteiger partial charge in [0.1, 0.15) is 0 Å². The summed E-state index contributed by atoms with van der Waals surface area (Å²) in [5.74, 6) is 0.249. The molecular formula is C13H18Br2O3S. The van der Waals surface area contributed by atoms with Crippen LogP contribution in [0.4, 0.5) is 0 Å². The van der Waals surface area contributed by atoms with Crippen molar-refractivity contribution in [3.63, 3.8) is 0 Å². The molecule has 0 spiro atoms. The normalized spacial score (nSPS) is 15.2. The van der Waals surface area contributed by atoms with Gasteiger partial charge in [0, 0.05) is 8.95 Å². The van der Waals surface area contributed by atoms with E-state index in [2.05, 4.69) is 45.7 Å². The van der Waals surface area contributed by atoms with Gasteiger partial charge >= 0.3 is 0 Å². The topological polar surface area (TPSA) is 54.4 Å². The first-order valence-corrected chi connectivity index (χ1v) is 9.34. The smallest absolute Gasteiger partial charge is 0.264 e. The lowest BCUT2D eigenvalue weighted by molar-refractivity contribution is 0.423. The van der Waals surface area contributed by atoms with Crippen LogP contribution in [0.2, 0.25) is 0 Å². The summed E-state index contributed by atoms with van der Waals surface area (Å²) in [6.45, 7) is 4.18. The largest absolute Gasteiger partial charge is 0.286 e. The summed E-state index contributed by atoms with van der Waals surface area (Å²) in [4.78, 5) is 0. The molecule has 1 rings (SSSR count). The molecule has 1 aromatic rings. The van der Waals surface area contributed by atoms with Crippen LogP contribution in [0.1, 0.15) is 38.2 Å². The zero-order valence-corrected chi connectivity index (χ0v) is 14.9. The first-order valence-electron chi connectivity index (χ1n) is 6.14. The molecule has 0 saturated carbocycles. The fourth-order valence-electron chi connectivity index (χ4n) is 2.11. The summed E-state index contributed by atoms with van der Waals surface area (Å²) in [6.07, 6.45) is 1.38. The molecule has 19 heavy (non-hydrogen) atoms. The molecule has 0 heterocycles. The van der Waals surface area contributed by atoms with Crippen LogP contribution in [-0.4, -0.2) is 18.7 Å². The Balaban J connectivity index is 3.02. The van der Waals surface area contributed by atoms with Crippen LogP contribution in [0, 0.1) is 5.92 Å². The third-order valence-electron chi connectivity index (χ3n) is 3.38. The first-order chi connectivity index (χ1) is 8.74. The molecule has 0 aliphatic heterocycles. The number of hydrogen-bond donors (Lipinski definition) is 1. The Morgan fingerprint density at radius 3 is 2.42 bits per heavy atom. The lowest BCUT2D eigenvalue weighted by Gasteiger charge is -2.24. The standard InChI is InChI=1S/C13H18Br2O3S/c1-3-9(2)11(6-7-19(16,17)18)12-5-4-10(14)8-13(12)15/h4-5,8-9,11H,3,6-7H2,1-2H3,(H,16,17,18). The fraction of sp³-hybridized carbons (Fsp3) is 0.538. The lowest BCUT2D eigenvalue weighted by atomic mass is 9.84. The lowest BCUT2D eigenvalue weighted by Crippen LogP contribution is -2.15. The average molecular weight is 414 g/mol. The van der Waals surface area contributed by atoms with Gasteiger partial charge in [0.2, 0.25) is 0 Å². The molecule has 2 atom stereocenters. The number of hydrogen-bond acceptors (Lipinski definition) is 2. The van der Waals surface area contributed by atoms with Gasteiger partial charge in [-0.2, -0.15) is 8.42 Å². The molecule has 6 heteroatoms. The van der Waals surface area contributed by atoms with E-state index in [1.165, 1.54) is 0 Å². The van der Waals surface area contributed by atoms with Gasteiger partial charge in [0.05, 0.1) is 5.75 Å². The van der Waals surface area contributed by atoms with Crippen LogP contribution in [0.15, 0.2) is 27.1 Å². The van der Waals surface area contributed by atoms with Gasteiger partial charge in [0.25, 0.3) is 10.1 Å². The molecule has 108 valence electrons. The molecular weight excluding hydrogens is 396 g/mol. The minimum absolute atomic E-state index is 0.106. The van der Waals surface area contributed by atoms with Gasteiger partial charge in [-0.3, -0.25) is 4.55 Å². The maximum Gasteiger partial charge on any atom is 0.264 e. The van der Waals surface area contributed by atoms with Crippen molar-refractivity contribution in [3.05, 3.63) is 32.7 Å². The van der Waals surface area contributed by atoms with Crippen molar-refractivity contribution in [3.8, 4) is 0 Å². The van der Waals surface area contributed by atoms with Crippen molar-refractivity contribution in [2.45, 2.75) is 32.6 Å². The molecule has 0 saturated heterocycles. The van der Waals surface area contributed by atoms with E-state index in [1.807, 2.05) is 18.2 Å². The molecule has 0 aliphatic rings. The predicted molar refractivity (Wildman–Crippen MR) is 85.1 cm³/mol. The summed E-state index contributed by atoms with van der Waals surface area (Å²) < 4.78 is 32.8. The minimum atomic E-state index is -3.91. The zero-order chi connectivity index (χ0) is 14.6. The Morgan fingerprint density at radius 2 is 1.95 bits per heavy atom. The number of halogens is 2. The molecule has 0 radical (unpaired) electrons. The quantitative estimate of drug-likeness (QED) is 0.692. The molecule has 0 aromatic heterocycles. The summed E-state index contributed by atoms with van der Waals surface area (Å²) in [5, 5.41) is 0. The Kier molecular flexibility index (Phi) is 6.50. The maximum absolute atomic E-state index is 11.0. The van der Waals surface area contributed by atoms with E-state index < -0.39 is 10.1 Å². The third kappa shape index (κ3) is 5.53. The summed E-state index contributed by atoms with van der Waals surface area (Å²) in [5.41, 5.74) is 1.08. The van der Waals surface area contributed by atoms with Crippen LogP contribution in [0.3, 0.4) is 0 Å². The third-order valence-corrected chi connectivity index (χ3v) is 5.31. The highest BCUT2D eigenvalue weighted by molar-refractivity contribution is 9.11. The molecule has 1 N–H and O–H groups in total. The number of rotatable bonds is 6. The van der Waals surface area contributed by atoms with Gasteiger partial charge in [-0.25, -0.2) is 0 Å². The molecule has 0 bridgehead atoms. The molecule has 1 aromatic carbocycles. The van der Waals surface area contributed by atoms with E-state index in [9.17, 15) is 8.42 Å². The second-order valence-corrected chi connectivity index (χ2v) is 8.07. The fourth-order valence-corrected chi connectivity index (χ4v) is 4.00. The van der Waals surface area contributed by atoms with E-state index in [0.29, 0.717) is 12.3 Å². The number of benzene rings is 1. The van der Waals surface area contributed by atoms with Crippen molar-refractivity contribution < 1.29 is 13.0 Å². The van der Waals surface area contributed by atoms with Crippen molar-refractivity contribution in [1.82, 2.24) is 0 Å². The van der Waals surface area contributed by atoms with Gasteiger partial charge in [-0.05, 0) is 36.0 Å². The van der Waals surface area contributed by atoms with Crippen LogP contribution < -0.4 is 0 Å². The van der Waals surface area contributed by atoms with Crippen LogP contribution in [0.5, 0.6) is 0 Å². The van der Waals surface area contributed by atoms with Crippen LogP contribution >= 0.6 is 31.9 Å². The van der Waals surface area contributed by atoms with Gasteiger partial charge in [-0.1, -0.05) is 58.2 Å². The molecule has 3 nitrogen and oxygen atoms in total. The van der Waals surface area contributed by atoms with Gasteiger partial charge < -0.3 is 0 Å². The summed E-state index contributed by atoms with van der Waals surface area (Å²) >= 11 is 6.93. The average Bonchev–Trinajstić information content (AvgIpc) is 2.29. The van der Waals surface area contributed by atoms with Crippen molar-refractivity contribution in [1.29, 1.82) is 0 Å². The highest BCUT2D eigenvalue weighted by atomic mass is 79.9. The highest BCUT2D eigenvalue weighted by Gasteiger charge is 2.22. The molecule has 0 amide bonds. The van der Waals surface area contributed by atoms with Crippen LogP contribution in [0.25, 0.3) is 0 Å². The van der Waals surface area contributed by atoms with E-state index in [1.54, 1.807) is 0 Å². The van der Waals surface area contributed by atoms with Gasteiger partial charge in [0.15, 0.2) is 0 Å². The van der Waals surface area contributed by atoms with Crippen molar-refractivity contribution >= 4 is 42.0 Å². The zero-order valence-electron chi connectivity index (χ0n) is 10.9. The molecule has 2 unspecified atom stereocenters. The molecule has 0 aliphatic carbocycles. The Hall–Kier alpha value is 0.0900. The van der Waals surface area contributed by atoms with E-state index >= 15 is 0 Å². The van der Waals surface area contributed by atoms with E-state index in [-0.39, 0.29) is 11.7 Å². The van der Waals surface area contributed by atoms with Crippen molar-refractivity contribution in [2.24, 2.45) is 5.92 Å². The van der Waals surface area contributed by atoms with E-state index in [4.69, 9.17) is 4.55 Å². The van der Waals surface area contributed by atoms with Gasteiger partial charge in [-0.15, -0.1) is 0 Å². The van der Waals surface area contributed by atoms with Crippen molar-refractivity contribution in [2.75, 3.05) is 5.75 Å². The monoisotopic (exact) mass is 412 g/mol. The summed E-state index contributed by atoms with van der Waals surface area (Å²) in [7, 11) is -3.91. The highest BCUT2D eigenvalue weighted by Crippen LogP contribution is 2.36. The van der Waals surface area contributed by atoms with Crippen LogP contribution in [-0.2, 0) is 10.1 Å².